The number of hydrogen-bond donors (Lipinski definition) is 1. The van der Waals surface area contributed by atoms with Crippen molar-refractivity contribution in [3.8, 4) is 0 Å². The molecule has 0 saturated carbocycles. The van der Waals surface area contributed by atoms with E-state index in [4.69, 9.17) is 16.3 Å². The van der Waals surface area contributed by atoms with Crippen LogP contribution in [0.15, 0.2) is 66.7 Å². The number of esters is 1. The molecule has 0 aromatic heterocycles. The summed E-state index contributed by atoms with van der Waals surface area (Å²) in [5.41, 5.74) is 4.45. The minimum absolute atomic E-state index is 0.00395. The Balaban J connectivity index is 1.59. The second-order valence-corrected chi connectivity index (χ2v) is 7.16. The van der Waals surface area contributed by atoms with E-state index < -0.39 is 5.97 Å². The van der Waals surface area contributed by atoms with E-state index in [1.54, 1.807) is 23.1 Å². The summed E-state index contributed by atoms with van der Waals surface area (Å²) in [5.74, 6) is -0.466. The maximum absolute atomic E-state index is 12.8. The molecule has 1 heterocycles. The first-order valence-electron chi connectivity index (χ1n) is 9.21. The van der Waals surface area contributed by atoms with Gasteiger partial charge in [-0.25, -0.2) is 4.79 Å². The summed E-state index contributed by atoms with van der Waals surface area (Å²) in [7, 11) is 1.33. The summed E-state index contributed by atoms with van der Waals surface area (Å²) in [6.45, 7) is 0.640. The van der Waals surface area contributed by atoms with Crippen molar-refractivity contribution in [3.63, 3.8) is 0 Å². The molecule has 1 aliphatic rings. The molecular formula is C23H19ClN2O3. The van der Waals surface area contributed by atoms with Crippen molar-refractivity contribution in [1.82, 2.24) is 0 Å². The fourth-order valence-corrected chi connectivity index (χ4v) is 3.66. The Hall–Kier alpha value is -3.31. The summed E-state index contributed by atoms with van der Waals surface area (Å²) in [5, 5.41) is 3.72. The highest BCUT2D eigenvalue weighted by molar-refractivity contribution is 6.31. The van der Waals surface area contributed by atoms with Gasteiger partial charge in [0.1, 0.15) is 0 Å². The Labute approximate surface area is 173 Å². The third-order valence-electron chi connectivity index (χ3n) is 4.91. The van der Waals surface area contributed by atoms with Crippen LogP contribution in [0.3, 0.4) is 0 Å². The van der Waals surface area contributed by atoms with Crippen molar-refractivity contribution < 1.29 is 14.3 Å². The van der Waals surface area contributed by atoms with Gasteiger partial charge in [-0.15, -0.1) is 0 Å². The van der Waals surface area contributed by atoms with Crippen LogP contribution >= 0.6 is 11.6 Å². The molecule has 29 heavy (non-hydrogen) atoms. The van der Waals surface area contributed by atoms with Crippen LogP contribution in [0.4, 0.5) is 17.1 Å². The summed E-state index contributed by atoms with van der Waals surface area (Å²) in [6, 6.07) is 20.1. The van der Waals surface area contributed by atoms with Crippen LogP contribution in [0.1, 0.15) is 26.3 Å². The molecule has 1 N–H and O–H groups in total. The van der Waals surface area contributed by atoms with Gasteiger partial charge in [-0.05, 0) is 60.5 Å². The Morgan fingerprint density at radius 1 is 1.03 bits per heavy atom. The van der Waals surface area contributed by atoms with E-state index in [0.29, 0.717) is 28.4 Å². The molecular weight excluding hydrogens is 388 g/mol. The van der Waals surface area contributed by atoms with Crippen molar-refractivity contribution in [2.75, 3.05) is 23.9 Å². The number of methoxy groups -OCH3 is 1. The minimum atomic E-state index is -0.462. The number of carbonyl (C=O) groups is 2. The molecule has 0 unspecified atom stereocenters. The van der Waals surface area contributed by atoms with E-state index in [9.17, 15) is 9.59 Å². The molecule has 6 heteroatoms. The number of rotatable bonds is 4. The van der Waals surface area contributed by atoms with Gasteiger partial charge in [0.25, 0.3) is 5.91 Å². The zero-order valence-electron chi connectivity index (χ0n) is 15.8. The first kappa shape index (κ1) is 19.0. The van der Waals surface area contributed by atoms with E-state index in [1.807, 2.05) is 48.5 Å². The monoisotopic (exact) mass is 406 g/mol. The largest absolute Gasteiger partial charge is 0.465 e. The number of benzene rings is 3. The molecule has 1 amide bonds. The zero-order valence-corrected chi connectivity index (χ0v) is 16.6. The Kier molecular flexibility index (Phi) is 5.23. The van der Waals surface area contributed by atoms with Gasteiger partial charge in [-0.3, -0.25) is 4.79 Å². The third-order valence-corrected chi connectivity index (χ3v) is 5.14. The molecule has 0 bridgehead atoms. The Bertz CT molecular complexity index is 1080. The number of amides is 1. The SMILES string of the molecule is COC(=O)c1cc(Cl)ccc1Nc1ccc2c(c1)CCN2C(=O)c1ccccc1. The van der Waals surface area contributed by atoms with Crippen molar-refractivity contribution >= 4 is 40.5 Å². The molecule has 0 saturated heterocycles. The highest BCUT2D eigenvalue weighted by atomic mass is 35.5. The van der Waals surface area contributed by atoms with Crippen molar-refractivity contribution in [3.05, 3.63) is 88.4 Å². The molecule has 0 radical (unpaired) electrons. The average Bonchev–Trinajstić information content (AvgIpc) is 3.17. The lowest BCUT2D eigenvalue weighted by Crippen LogP contribution is -2.28. The predicted molar refractivity (Wildman–Crippen MR) is 114 cm³/mol. The predicted octanol–water partition coefficient (Wildman–Crippen LogP) is 5.07. The van der Waals surface area contributed by atoms with Crippen molar-refractivity contribution in [2.45, 2.75) is 6.42 Å². The molecule has 0 spiro atoms. The number of nitrogens with zero attached hydrogens (tertiary/aromatic N) is 1. The topological polar surface area (TPSA) is 58.6 Å². The van der Waals surface area contributed by atoms with E-state index in [2.05, 4.69) is 5.32 Å². The van der Waals surface area contributed by atoms with Gasteiger partial charge in [0.2, 0.25) is 0 Å². The number of halogens is 1. The summed E-state index contributed by atoms with van der Waals surface area (Å²) < 4.78 is 4.84. The van der Waals surface area contributed by atoms with Crippen molar-refractivity contribution in [2.24, 2.45) is 0 Å². The van der Waals surface area contributed by atoms with Gasteiger partial charge in [0.15, 0.2) is 0 Å². The molecule has 3 aromatic carbocycles. The van der Waals surface area contributed by atoms with Crippen LogP contribution in [0, 0.1) is 0 Å². The van der Waals surface area contributed by atoms with Crippen LogP contribution in [0.5, 0.6) is 0 Å². The maximum atomic E-state index is 12.8. The summed E-state index contributed by atoms with van der Waals surface area (Å²) in [4.78, 5) is 26.7. The Morgan fingerprint density at radius 2 is 1.83 bits per heavy atom. The molecule has 3 aromatic rings. The number of hydrogen-bond acceptors (Lipinski definition) is 4. The zero-order chi connectivity index (χ0) is 20.4. The third kappa shape index (κ3) is 3.82. The normalized spacial score (nSPS) is 12.4. The van der Waals surface area contributed by atoms with Gasteiger partial charge < -0.3 is 15.0 Å². The number of anilines is 3. The lowest BCUT2D eigenvalue weighted by molar-refractivity contribution is 0.0601. The number of fused-ring (bicyclic) bond motifs is 1. The van der Waals surface area contributed by atoms with Gasteiger partial charge in [0.05, 0.1) is 18.4 Å². The fourth-order valence-electron chi connectivity index (χ4n) is 3.49. The fraction of sp³-hybridized carbons (Fsp3) is 0.130. The molecule has 1 aliphatic heterocycles. The second-order valence-electron chi connectivity index (χ2n) is 6.72. The molecule has 0 aliphatic carbocycles. The van der Waals surface area contributed by atoms with Crippen molar-refractivity contribution in [1.29, 1.82) is 0 Å². The highest BCUT2D eigenvalue weighted by Crippen LogP contribution is 2.33. The second kappa shape index (κ2) is 7.97. The summed E-state index contributed by atoms with van der Waals surface area (Å²) >= 11 is 6.02. The van der Waals surface area contributed by atoms with E-state index >= 15 is 0 Å². The lowest BCUT2D eigenvalue weighted by atomic mass is 10.1. The Morgan fingerprint density at radius 3 is 2.59 bits per heavy atom. The van der Waals surface area contributed by atoms with E-state index in [-0.39, 0.29) is 5.91 Å². The smallest absolute Gasteiger partial charge is 0.340 e. The van der Waals surface area contributed by atoms with Gasteiger partial charge in [0, 0.05) is 28.5 Å². The van der Waals surface area contributed by atoms with Crippen LogP contribution < -0.4 is 10.2 Å². The molecule has 5 nitrogen and oxygen atoms in total. The molecule has 0 fully saturated rings. The quantitative estimate of drug-likeness (QED) is 0.614. The van der Waals surface area contributed by atoms with Gasteiger partial charge >= 0.3 is 5.97 Å². The lowest BCUT2D eigenvalue weighted by Gasteiger charge is -2.18. The molecule has 0 atom stereocenters. The van der Waals surface area contributed by atoms with Gasteiger partial charge in [-0.1, -0.05) is 29.8 Å². The number of ether oxygens (including phenoxy) is 1. The van der Waals surface area contributed by atoms with E-state index in [0.717, 1.165) is 23.4 Å². The minimum Gasteiger partial charge on any atom is -0.465 e. The van der Waals surface area contributed by atoms with Crippen LogP contribution in [-0.2, 0) is 11.2 Å². The molecule has 146 valence electrons. The van der Waals surface area contributed by atoms with Gasteiger partial charge in [-0.2, -0.15) is 0 Å². The van der Waals surface area contributed by atoms with Crippen LogP contribution in [-0.4, -0.2) is 25.5 Å². The van der Waals surface area contributed by atoms with E-state index in [1.165, 1.54) is 7.11 Å². The number of carbonyl (C=O) groups excluding carboxylic acids is 2. The van der Waals surface area contributed by atoms with Crippen LogP contribution in [0.25, 0.3) is 0 Å². The first-order chi connectivity index (χ1) is 14.1. The standard InChI is InChI=1S/C23H19ClN2O3/c1-29-23(28)19-14-17(24)7-9-20(19)25-18-8-10-21-16(13-18)11-12-26(21)22(27)15-5-3-2-4-6-15/h2-10,13-14,25H,11-12H2,1H3. The number of nitrogens with one attached hydrogen (secondary N) is 1. The first-order valence-corrected chi connectivity index (χ1v) is 9.59. The maximum Gasteiger partial charge on any atom is 0.340 e. The highest BCUT2D eigenvalue weighted by Gasteiger charge is 2.25. The average molecular weight is 407 g/mol. The van der Waals surface area contributed by atoms with Crippen LogP contribution in [0.2, 0.25) is 5.02 Å². The summed E-state index contributed by atoms with van der Waals surface area (Å²) in [6.07, 6.45) is 0.772. The molecule has 4 rings (SSSR count).